The Labute approximate surface area is 108 Å². The first kappa shape index (κ1) is 14.6. The predicted octanol–water partition coefficient (Wildman–Crippen LogP) is 3.66. The Balaban J connectivity index is 2.62. The third-order valence-electron chi connectivity index (χ3n) is 2.23. The van der Waals surface area contributed by atoms with Crippen LogP contribution in [0.3, 0.4) is 0 Å². The maximum Gasteiger partial charge on any atom is 0.307 e. The first-order valence-electron chi connectivity index (χ1n) is 5.38. The summed E-state index contributed by atoms with van der Waals surface area (Å²) in [5, 5.41) is 10.4. The topological polar surface area (TPSA) is 52.4 Å². The minimum Gasteiger partial charge on any atom is -0.490 e. The van der Waals surface area contributed by atoms with E-state index in [0.717, 1.165) is 12.8 Å². The Morgan fingerprint density at radius 3 is 2.56 bits per heavy atom. The van der Waals surface area contributed by atoms with Crippen molar-refractivity contribution < 1.29 is 18.4 Å². The van der Waals surface area contributed by atoms with Crippen molar-refractivity contribution in [3.63, 3.8) is 0 Å². The van der Waals surface area contributed by atoms with Crippen molar-refractivity contribution in [2.24, 2.45) is 0 Å². The molecule has 18 heavy (non-hydrogen) atoms. The molecule has 0 aliphatic carbocycles. The molecule has 0 atom stereocenters. The van der Waals surface area contributed by atoms with E-state index in [1.54, 1.807) is 0 Å². The Morgan fingerprint density at radius 2 is 1.94 bits per heavy atom. The monoisotopic (exact) mass is 279 g/mol. The Kier molecular flexibility index (Phi) is 5.77. The van der Waals surface area contributed by atoms with Crippen molar-refractivity contribution in [2.75, 3.05) is 12.5 Å². The summed E-state index contributed by atoms with van der Waals surface area (Å²) in [5.74, 6) is -1.83. The average molecular weight is 280 g/mol. The van der Waals surface area contributed by atoms with E-state index in [0.29, 0.717) is 24.4 Å². The van der Waals surface area contributed by atoms with E-state index in [4.69, 9.17) is 16.3 Å². The number of hydrogen-bond donors (Lipinski definition) is 0. The van der Waals surface area contributed by atoms with Crippen molar-refractivity contribution in [3.8, 4) is 5.75 Å². The summed E-state index contributed by atoms with van der Waals surface area (Å²) in [4.78, 5) is 9.38. The summed E-state index contributed by atoms with van der Waals surface area (Å²) >= 11 is 5.48. The minimum absolute atomic E-state index is 0.213. The van der Waals surface area contributed by atoms with Crippen LogP contribution in [0.2, 0.25) is 0 Å². The van der Waals surface area contributed by atoms with Gasteiger partial charge >= 0.3 is 5.69 Å². The number of rotatable bonds is 7. The molecule has 0 aromatic heterocycles. The second kappa shape index (κ2) is 7.10. The molecule has 0 bridgehead atoms. The van der Waals surface area contributed by atoms with Crippen LogP contribution in [-0.4, -0.2) is 17.4 Å². The number of nitro groups is 1. The Morgan fingerprint density at radius 1 is 1.22 bits per heavy atom. The van der Waals surface area contributed by atoms with Gasteiger partial charge in [-0.3, -0.25) is 10.1 Å². The molecule has 7 heteroatoms. The van der Waals surface area contributed by atoms with E-state index in [-0.39, 0.29) is 12.4 Å². The molecule has 1 aromatic carbocycles. The Hall–Kier alpha value is -1.43. The number of benzene rings is 1. The molecule has 0 heterocycles. The third-order valence-corrected chi connectivity index (χ3v) is 2.50. The highest BCUT2D eigenvalue weighted by atomic mass is 35.5. The SMILES string of the molecule is O=[N+]([O-])c1cc(F)c(OCCCCCCl)cc1F. The molecule has 100 valence electrons. The molecular weight excluding hydrogens is 268 g/mol. The minimum atomic E-state index is -1.11. The van der Waals surface area contributed by atoms with Gasteiger partial charge in [-0.05, 0) is 19.3 Å². The number of nitro benzene ring substituents is 1. The predicted molar refractivity (Wildman–Crippen MR) is 63.1 cm³/mol. The molecule has 1 rings (SSSR count). The molecule has 0 saturated carbocycles. The molecular formula is C11H12ClF2NO3. The summed E-state index contributed by atoms with van der Waals surface area (Å²) in [6.07, 6.45) is 2.30. The second-order valence-corrected chi connectivity index (χ2v) is 3.97. The van der Waals surface area contributed by atoms with E-state index < -0.39 is 22.2 Å². The maximum atomic E-state index is 13.3. The van der Waals surface area contributed by atoms with E-state index in [2.05, 4.69) is 0 Å². The van der Waals surface area contributed by atoms with Crippen LogP contribution in [0.15, 0.2) is 12.1 Å². The molecule has 0 aliphatic rings. The van der Waals surface area contributed by atoms with Crippen LogP contribution in [0.5, 0.6) is 5.75 Å². The van der Waals surface area contributed by atoms with Gasteiger partial charge in [-0.2, -0.15) is 4.39 Å². The highest BCUT2D eigenvalue weighted by molar-refractivity contribution is 6.17. The molecule has 0 N–H and O–H groups in total. The lowest BCUT2D eigenvalue weighted by atomic mass is 10.2. The highest BCUT2D eigenvalue weighted by Crippen LogP contribution is 2.26. The summed E-state index contributed by atoms with van der Waals surface area (Å²) in [6, 6.07) is 1.21. The molecule has 0 unspecified atom stereocenters. The van der Waals surface area contributed by atoms with Crippen molar-refractivity contribution in [1.82, 2.24) is 0 Å². The normalized spacial score (nSPS) is 10.4. The highest BCUT2D eigenvalue weighted by Gasteiger charge is 2.19. The third kappa shape index (κ3) is 4.10. The Bertz CT molecular complexity index is 429. The van der Waals surface area contributed by atoms with Gasteiger partial charge in [-0.25, -0.2) is 4.39 Å². The fourth-order valence-electron chi connectivity index (χ4n) is 1.32. The zero-order valence-electron chi connectivity index (χ0n) is 9.50. The summed E-state index contributed by atoms with van der Waals surface area (Å²) in [5.41, 5.74) is -0.901. The summed E-state index contributed by atoms with van der Waals surface area (Å²) < 4.78 is 31.6. The van der Waals surface area contributed by atoms with E-state index in [1.807, 2.05) is 0 Å². The first-order valence-corrected chi connectivity index (χ1v) is 5.92. The van der Waals surface area contributed by atoms with E-state index in [9.17, 15) is 18.9 Å². The van der Waals surface area contributed by atoms with Crippen LogP contribution in [0.4, 0.5) is 14.5 Å². The quantitative estimate of drug-likeness (QED) is 0.331. The number of halogens is 3. The molecule has 0 saturated heterocycles. The first-order chi connectivity index (χ1) is 8.56. The van der Waals surface area contributed by atoms with Gasteiger partial charge in [0, 0.05) is 11.9 Å². The fourth-order valence-corrected chi connectivity index (χ4v) is 1.51. The smallest absolute Gasteiger partial charge is 0.307 e. The second-order valence-electron chi connectivity index (χ2n) is 3.59. The number of unbranched alkanes of at least 4 members (excludes halogenated alkanes) is 2. The van der Waals surface area contributed by atoms with Gasteiger partial charge in [0.1, 0.15) is 0 Å². The number of hydrogen-bond acceptors (Lipinski definition) is 3. The molecule has 0 amide bonds. The van der Waals surface area contributed by atoms with Gasteiger partial charge in [0.15, 0.2) is 11.6 Å². The van der Waals surface area contributed by atoms with Crippen LogP contribution in [0, 0.1) is 21.7 Å². The summed E-state index contributed by atoms with van der Waals surface area (Å²) in [6.45, 7) is 0.213. The van der Waals surface area contributed by atoms with Crippen LogP contribution in [0.1, 0.15) is 19.3 Å². The molecule has 0 radical (unpaired) electrons. The van der Waals surface area contributed by atoms with Crippen molar-refractivity contribution in [2.45, 2.75) is 19.3 Å². The zero-order valence-corrected chi connectivity index (χ0v) is 10.3. The number of ether oxygens (including phenoxy) is 1. The van der Waals surface area contributed by atoms with Crippen LogP contribution < -0.4 is 4.74 Å². The lowest BCUT2D eigenvalue weighted by Crippen LogP contribution is -2.02. The van der Waals surface area contributed by atoms with Crippen LogP contribution in [-0.2, 0) is 0 Å². The van der Waals surface area contributed by atoms with Gasteiger partial charge in [-0.1, -0.05) is 0 Å². The van der Waals surface area contributed by atoms with Crippen molar-refractivity contribution in [3.05, 3.63) is 33.9 Å². The van der Waals surface area contributed by atoms with Gasteiger partial charge in [0.25, 0.3) is 0 Å². The largest absolute Gasteiger partial charge is 0.490 e. The molecule has 4 nitrogen and oxygen atoms in total. The van der Waals surface area contributed by atoms with Gasteiger partial charge in [0.2, 0.25) is 5.82 Å². The van der Waals surface area contributed by atoms with Crippen LogP contribution >= 0.6 is 11.6 Å². The molecule has 0 spiro atoms. The van der Waals surface area contributed by atoms with Gasteiger partial charge < -0.3 is 4.74 Å². The number of alkyl halides is 1. The lowest BCUT2D eigenvalue weighted by molar-refractivity contribution is -0.387. The van der Waals surface area contributed by atoms with E-state index in [1.165, 1.54) is 0 Å². The average Bonchev–Trinajstić information content (AvgIpc) is 2.32. The fraction of sp³-hybridized carbons (Fsp3) is 0.455. The van der Waals surface area contributed by atoms with Gasteiger partial charge in [-0.15, -0.1) is 11.6 Å². The van der Waals surface area contributed by atoms with Crippen LogP contribution in [0.25, 0.3) is 0 Å². The lowest BCUT2D eigenvalue weighted by Gasteiger charge is -2.07. The van der Waals surface area contributed by atoms with Crippen molar-refractivity contribution >= 4 is 17.3 Å². The summed E-state index contributed by atoms with van der Waals surface area (Å²) in [7, 11) is 0. The molecule has 0 aliphatic heterocycles. The van der Waals surface area contributed by atoms with Crippen molar-refractivity contribution in [1.29, 1.82) is 0 Å². The molecule has 0 fully saturated rings. The van der Waals surface area contributed by atoms with Gasteiger partial charge in [0.05, 0.1) is 17.6 Å². The number of nitrogens with zero attached hydrogens (tertiary/aromatic N) is 1. The molecule has 1 aromatic rings. The zero-order chi connectivity index (χ0) is 13.5. The standard InChI is InChI=1S/C11H12ClF2NO3/c12-4-2-1-3-5-18-11-7-8(13)10(15(16)17)6-9(11)14/h6-7H,1-5H2. The maximum absolute atomic E-state index is 13.3. The van der Waals surface area contributed by atoms with E-state index >= 15 is 0 Å².